The molecule has 7 nitrogen and oxygen atoms in total. The molecule has 4 rings (SSSR count). The summed E-state index contributed by atoms with van der Waals surface area (Å²) in [6.45, 7) is 1.73. The lowest BCUT2D eigenvalue weighted by atomic mass is 10.0. The number of hydrogen-bond acceptors (Lipinski definition) is 5. The van der Waals surface area contributed by atoms with Crippen LogP contribution in [0, 0.1) is 5.92 Å². The van der Waals surface area contributed by atoms with Crippen LogP contribution >= 0.6 is 23.2 Å². The molecule has 1 aromatic carbocycles. The zero-order valence-corrected chi connectivity index (χ0v) is 17.2. The van der Waals surface area contributed by atoms with Crippen molar-refractivity contribution in [2.24, 2.45) is 5.92 Å². The molecule has 0 radical (unpaired) electrons. The number of rotatable bonds is 4. The Morgan fingerprint density at radius 2 is 1.86 bits per heavy atom. The van der Waals surface area contributed by atoms with E-state index in [9.17, 15) is 9.59 Å². The van der Waals surface area contributed by atoms with E-state index in [0.717, 1.165) is 18.7 Å². The summed E-state index contributed by atoms with van der Waals surface area (Å²) in [5.74, 6) is -0.154. The molecule has 2 saturated heterocycles. The monoisotopic (exact) mass is 433 g/mol. The number of nitrogens with zero attached hydrogens (tertiary/aromatic N) is 4. The molecule has 0 bridgehead atoms. The molecule has 1 atom stereocenters. The molecule has 3 heterocycles. The zero-order valence-electron chi connectivity index (χ0n) is 15.7. The van der Waals surface area contributed by atoms with Gasteiger partial charge < -0.3 is 15.1 Å². The summed E-state index contributed by atoms with van der Waals surface area (Å²) in [6.07, 6.45) is 3.75. The lowest BCUT2D eigenvalue weighted by Gasteiger charge is -2.33. The average molecular weight is 434 g/mol. The number of anilines is 2. The van der Waals surface area contributed by atoms with Gasteiger partial charge in [-0.15, -0.1) is 5.10 Å². The highest BCUT2D eigenvalue weighted by molar-refractivity contribution is 6.42. The first-order valence-corrected chi connectivity index (χ1v) is 10.4. The Morgan fingerprint density at radius 1 is 1.07 bits per heavy atom. The van der Waals surface area contributed by atoms with Crippen LogP contribution in [-0.4, -0.2) is 52.6 Å². The zero-order chi connectivity index (χ0) is 20.4. The topological polar surface area (TPSA) is 78.4 Å². The Labute approximate surface area is 179 Å². The highest BCUT2D eigenvalue weighted by Gasteiger charge is 2.40. The van der Waals surface area contributed by atoms with Gasteiger partial charge in [-0.05, 0) is 49.6 Å². The van der Waals surface area contributed by atoms with Gasteiger partial charge >= 0.3 is 0 Å². The Balaban J connectivity index is 1.34. The average Bonchev–Trinajstić information content (AvgIpc) is 3.12. The molecule has 1 aromatic heterocycles. The molecule has 152 valence electrons. The van der Waals surface area contributed by atoms with Crippen LogP contribution in [0.2, 0.25) is 10.0 Å². The number of amides is 2. The van der Waals surface area contributed by atoms with E-state index in [2.05, 4.69) is 15.5 Å². The van der Waals surface area contributed by atoms with Gasteiger partial charge in [0.1, 0.15) is 11.7 Å². The lowest BCUT2D eigenvalue weighted by Crippen LogP contribution is -2.46. The molecular formula is C20H21Cl2N5O2. The minimum absolute atomic E-state index is 0.0875. The Bertz CT molecular complexity index is 903. The van der Waals surface area contributed by atoms with Crippen molar-refractivity contribution >= 4 is 46.5 Å². The predicted molar refractivity (Wildman–Crippen MR) is 112 cm³/mol. The summed E-state index contributed by atoms with van der Waals surface area (Å²) in [5, 5.41) is 12.1. The number of likely N-dealkylation sites (tertiary alicyclic amines) is 1. The molecule has 2 amide bonds. The number of carbonyl (C=O) groups excluding carboxylic acids is 2. The Morgan fingerprint density at radius 3 is 2.55 bits per heavy atom. The summed E-state index contributed by atoms with van der Waals surface area (Å²) in [6, 6.07) is 9.03. The number of aromatic nitrogens is 2. The van der Waals surface area contributed by atoms with Crippen molar-refractivity contribution in [1.82, 2.24) is 15.1 Å². The molecule has 1 unspecified atom stereocenters. The van der Waals surface area contributed by atoms with Crippen molar-refractivity contribution < 1.29 is 9.59 Å². The lowest BCUT2D eigenvalue weighted by molar-refractivity contribution is -0.140. The maximum absolute atomic E-state index is 13.0. The van der Waals surface area contributed by atoms with Crippen LogP contribution < -0.4 is 10.2 Å². The van der Waals surface area contributed by atoms with Crippen molar-refractivity contribution in [2.75, 3.05) is 29.9 Å². The van der Waals surface area contributed by atoms with E-state index in [0.29, 0.717) is 41.8 Å². The summed E-state index contributed by atoms with van der Waals surface area (Å²) >= 11 is 12.0. The summed E-state index contributed by atoms with van der Waals surface area (Å²) < 4.78 is 0. The summed E-state index contributed by atoms with van der Waals surface area (Å²) in [7, 11) is 0. The maximum Gasteiger partial charge on any atom is 0.239 e. The van der Waals surface area contributed by atoms with Crippen LogP contribution in [0.15, 0.2) is 36.5 Å². The van der Waals surface area contributed by atoms with E-state index in [1.807, 2.05) is 12.1 Å². The third-order valence-electron chi connectivity index (χ3n) is 5.45. The van der Waals surface area contributed by atoms with E-state index >= 15 is 0 Å². The number of piperidine rings is 1. The fraction of sp³-hybridized carbons (Fsp3) is 0.400. The molecule has 1 N–H and O–H groups in total. The van der Waals surface area contributed by atoms with Gasteiger partial charge in [0, 0.05) is 37.6 Å². The first-order valence-electron chi connectivity index (χ1n) is 9.62. The first-order chi connectivity index (χ1) is 14.0. The molecule has 2 aliphatic rings. The van der Waals surface area contributed by atoms with Crippen molar-refractivity contribution in [3.63, 3.8) is 0 Å². The molecule has 2 aliphatic heterocycles. The number of benzene rings is 1. The van der Waals surface area contributed by atoms with E-state index in [1.54, 1.807) is 34.2 Å². The smallest absolute Gasteiger partial charge is 0.239 e. The quantitative estimate of drug-likeness (QED) is 0.748. The first kappa shape index (κ1) is 19.9. The number of nitrogens with one attached hydrogen (secondary N) is 1. The van der Waals surface area contributed by atoms with Gasteiger partial charge in [-0.3, -0.25) is 9.59 Å². The van der Waals surface area contributed by atoms with E-state index < -0.39 is 5.92 Å². The third kappa shape index (κ3) is 4.31. The highest BCUT2D eigenvalue weighted by atomic mass is 35.5. The molecule has 0 saturated carbocycles. The van der Waals surface area contributed by atoms with Gasteiger partial charge in [-0.1, -0.05) is 23.2 Å². The van der Waals surface area contributed by atoms with Crippen LogP contribution in [0.4, 0.5) is 11.5 Å². The van der Waals surface area contributed by atoms with Gasteiger partial charge in [0.05, 0.1) is 10.0 Å². The van der Waals surface area contributed by atoms with Gasteiger partial charge in [0.2, 0.25) is 11.8 Å². The predicted octanol–water partition coefficient (Wildman–Crippen LogP) is 3.24. The molecule has 29 heavy (non-hydrogen) atoms. The van der Waals surface area contributed by atoms with Gasteiger partial charge in [0.15, 0.2) is 0 Å². The molecule has 2 fully saturated rings. The van der Waals surface area contributed by atoms with Crippen LogP contribution in [0.3, 0.4) is 0 Å². The van der Waals surface area contributed by atoms with E-state index in [1.165, 1.54) is 0 Å². The second-order valence-electron chi connectivity index (χ2n) is 7.28. The minimum Gasteiger partial charge on any atom is -0.366 e. The standard InChI is InChI=1S/C20H21Cl2N5O2/c21-16-4-3-14(12-17(16)22)27-11-7-15(20(27)29)19(28)26-9-5-13(6-10-26)24-18-2-1-8-23-25-18/h1-4,8,12-13,15H,5-7,9-11H2,(H,24,25). The van der Waals surface area contributed by atoms with E-state index in [-0.39, 0.29) is 17.9 Å². The normalized spacial score (nSPS) is 20.2. The fourth-order valence-electron chi connectivity index (χ4n) is 3.87. The number of halogens is 2. The van der Waals surface area contributed by atoms with Crippen LogP contribution in [0.25, 0.3) is 0 Å². The number of carbonyl (C=O) groups is 2. The van der Waals surface area contributed by atoms with Gasteiger partial charge in [-0.2, -0.15) is 5.10 Å². The molecular weight excluding hydrogens is 413 g/mol. The Hall–Kier alpha value is -2.38. The molecule has 0 aliphatic carbocycles. The minimum atomic E-state index is -0.631. The summed E-state index contributed by atoms with van der Waals surface area (Å²) in [5.41, 5.74) is 0.673. The van der Waals surface area contributed by atoms with Gasteiger partial charge in [0.25, 0.3) is 0 Å². The van der Waals surface area contributed by atoms with Crippen molar-refractivity contribution in [3.05, 3.63) is 46.6 Å². The summed E-state index contributed by atoms with van der Waals surface area (Å²) in [4.78, 5) is 29.2. The van der Waals surface area contributed by atoms with Gasteiger partial charge in [-0.25, -0.2) is 0 Å². The van der Waals surface area contributed by atoms with Crippen LogP contribution in [0.1, 0.15) is 19.3 Å². The highest BCUT2D eigenvalue weighted by Crippen LogP contribution is 2.32. The van der Waals surface area contributed by atoms with Crippen molar-refractivity contribution in [3.8, 4) is 0 Å². The molecule has 0 spiro atoms. The number of hydrogen-bond donors (Lipinski definition) is 1. The van der Waals surface area contributed by atoms with Crippen molar-refractivity contribution in [1.29, 1.82) is 0 Å². The van der Waals surface area contributed by atoms with E-state index in [4.69, 9.17) is 23.2 Å². The third-order valence-corrected chi connectivity index (χ3v) is 6.19. The van der Waals surface area contributed by atoms with Crippen molar-refractivity contribution in [2.45, 2.75) is 25.3 Å². The SMILES string of the molecule is O=C(C1CCN(c2ccc(Cl)c(Cl)c2)C1=O)N1CCC(Nc2cccnn2)CC1. The molecule has 9 heteroatoms. The maximum atomic E-state index is 13.0. The van der Waals surface area contributed by atoms with Crippen LogP contribution in [0.5, 0.6) is 0 Å². The molecule has 2 aromatic rings. The van der Waals surface area contributed by atoms with Crippen LogP contribution in [-0.2, 0) is 9.59 Å². The second kappa shape index (κ2) is 8.55. The Kier molecular flexibility index (Phi) is 5.87. The second-order valence-corrected chi connectivity index (χ2v) is 8.10. The largest absolute Gasteiger partial charge is 0.366 e. The fourth-order valence-corrected chi connectivity index (χ4v) is 4.16.